The molecule has 22 heavy (non-hydrogen) atoms. The zero-order valence-electron chi connectivity index (χ0n) is 12.9. The van der Waals surface area contributed by atoms with Gasteiger partial charge in [0, 0.05) is 29.6 Å². The van der Waals surface area contributed by atoms with Crippen molar-refractivity contribution in [1.82, 2.24) is 14.5 Å². The minimum Gasteiger partial charge on any atom is -0.327 e. The molecule has 0 spiro atoms. The molecular formula is C16H21N3OS2. The van der Waals surface area contributed by atoms with Crippen LogP contribution in [0.4, 0.5) is 0 Å². The summed E-state index contributed by atoms with van der Waals surface area (Å²) < 4.78 is 2.97. The fourth-order valence-electron chi connectivity index (χ4n) is 3.82. The van der Waals surface area contributed by atoms with Crippen LogP contribution in [0.2, 0.25) is 0 Å². The Kier molecular flexibility index (Phi) is 3.71. The average Bonchev–Trinajstić information content (AvgIpc) is 2.84. The molecule has 118 valence electrons. The van der Waals surface area contributed by atoms with Gasteiger partial charge in [0.05, 0.1) is 0 Å². The molecule has 0 radical (unpaired) electrons. The van der Waals surface area contributed by atoms with Gasteiger partial charge in [0.25, 0.3) is 0 Å². The Labute approximate surface area is 138 Å². The van der Waals surface area contributed by atoms with Crippen molar-refractivity contribution >= 4 is 33.9 Å². The van der Waals surface area contributed by atoms with Gasteiger partial charge >= 0.3 is 0 Å². The topological polar surface area (TPSA) is 41.0 Å². The van der Waals surface area contributed by atoms with Crippen LogP contribution in [0.3, 0.4) is 0 Å². The highest BCUT2D eigenvalue weighted by Crippen LogP contribution is 2.34. The molecule has 1 aliphatic heterocycles. The van der Waals surface area contributed by atoms with E-state index in [0.717, 1.165) is 40.2 Å². The Balaban J connectivity index is 1.93. The van der Waals surface area contributed by atoms with Crippen LogP contribution >= 0.6 is 23.6 Å². The van der Waals surface area contributed by atoms with Crippen molar-refractivity contribution in [1.29, 1.82) is 0 Å². The Morgan fingerprint density at radius 3 is 2.82 bits per heavy atom. The lowest BCUT2D eigenvalue weighted by Gasteiger charge is -2.25. The second kappa shape index (κ2) is 5.58. The molecule has 6 heteroatoms. The Morgan fingerprint density at radius 2 is 2.05 bits per heavy atom. The number of nitrogens with one attached hydrogen (secondary N) is 1. The van der Waals surface area contributed by atoms with Crippen LogP contribution in [0.5, 0.6) is 0 Å². The van der Waals surface area contributed by atoms with E-state index in [2.05, 4.69) is 21.5 Å². The predicted molar refractivity (Wildman–Crippen MR) is 93.4 cm³/mol. The van der Waals surface area contributed by atoms with E-state index >= 15 is 0 Å². The van der Waals surface area contributed by atoms with Gasteiger partial charge in [-0.05, 0) is 38.5 Å². The number of H-pyrrole nitrogens is 1. The monoisotopic (exact) mass is 335 g/mol. The first-order valence-electron chi connectivity index (χ1n) is 8.13. The number of nitrogens with zero attached hydrogens (tertiary/aromatic N) is 2. The van der Waals surface area contributed by atoms with Crippen molar-refractivity contribution in [2.24, 2.45) is 0 Å². The summed E-state index contributed by atoms with van der Waals surface area (Å²) in [5.74, 6) is 0. The number of aromatic nitrogens is 2. The van der Waals surface area contributed by atoms with Gasteiger partial charge in [0.15, 0.2) is 4.77 Å². The quantitative estimate of drug-likeness (QED) is 0.809. The molecule has 1 aliphatic carbocycles. The Hall–Kier alpha value is -0.980. The fraction of sp³-hybridized carbons (Fsp3) is 0.625. The molecule has 0 amide bonds. The highest BCUT2D eigenvalue weighted by molar-refractivity contribution is 7.71. The standard InChI is InChI=1S/C16H21N3OS2/c1-18-8-7-11-12(9-18)22-15-13(14(11)20)17-16(21)19(15)10-5-3-2-4-6-10/h10H,2-9H2,1H3,(H,17,21). The maximum absolute atomic E-state index is 12.8. The third-order valence-corrected chi connectivity index (χ3v) is 6.55. The lowest BCUT2D eigenvalue weighted by atomic mass is 9.95. The molecule has 2 aromatic heterocycles. The minimum absolute atomic E-state index is 0.178. The van der Waals surface area contributed by atoms with Crippen molar-refractivity contribution in [2.75, 3.05) is 13.6 Å². The summed E-state index contributed by atoms with van der Waals surface area (Å²) in [5.41, 5.74) is 1.92. The number of aromatic amines is 1. The first-order chi connectivity index (χ1) is 10.6. The average molecular weight is 335 g/mol. The molecular weight excluding hydrogens is 314 g/mol. The smallest absolute Gasteiger partial charge is 0.209 e. The van der Waals surface area contributed by atoms with Crippen LogP contribution in [-0.2, 0) is 13.0 Å². The lowest BCUT2D eigenvalue weighted by molar-refractivity contribution is 0.316. The van der Waals surface area contributed by atoms with Crippen molar-refractivity contribution < 1.29 is 0 Å². The number of imidazole rings is 1. The molecule has 1 saturated carbocycles. The van der Waals surface area contributed by atoms with E-state index in [1.807, 2.05) is 0 Å². The van der Waals surface area contributed by atoms with Gasteiger partial charge in [0.1, 0.15) is 10.3 Å². The minimum atomic E-state index is 0.178. The van der Waals surface area contributed by atoms with Gasteiger partial charge in [-0.15, -0.1) is 11.3 Å². The Morgan fingerprint density at radius 1 is 1.27 bits per heavy atom. The van der Waals surface area contributed by atoms with Crippen LogP contribution in [0.15, 0.2) is 4.79 Å². The third kappa shape index (κ3) is 2.28. The number of rotatable bonds is 1. The van der Waals surface area contributed by atoms with Crippen LogP contribution < -0.4 is 5.43 Å². The zero-order valence-corrected chi connectivity index (χ0v) is 14.5. The van der Waals surface area contributed by atoms with E-state index in [1.165, 1.54) is 37.0 Å². The number of likely N-dealkylation sites (N-methyl/N-ethyl adjacent to an activating group) is 1. The van der Waals surface area contributed by atoms with Crippen molar-refractivity contribution in [2.45, 2.75) is 51.1 Å². The highest BCUT2D eigenvalue weighted by atomic mass is 32.1. The van der Waals surface area contributed by atoms with Crippen LogP contribution in [0, 0.1) is 4.77 Å². The molecule has 2 aliphatic rings. The summed E-state index contributed by atoms with van der Waals surface area (Å²) in [7, 11) is 2.12. The van der Waals surface area contributed by atoms with Gasteiger partial charge in [0.2, 0.25) is 5.43 Å². The van der Waals surface area contributed by atoms with E-state index in [1.54, 1.807) is 11.3 Å². The number of fused-ring (bicyclic) bond motifs is 2. The van der Waals surface area contributed by atoms with Crippen molar-refractivity contribution in [3.8, 4) is 0 Å². The second-order valence-electron chi connectivity index (χ2n) is 6.59. The first kappa shape index (κ1) is 14.6. The second-order valence-corrected chi connectivity index (χ2v) is 8.06. The molecule has 0 bridgehead atoms. The zero-order chi connectivity index (χ0) is 15.3. The summed E-state index contributed by atoms with van der Waals surface area (Å²) in [6, 6.07) is 0.463. The molecule has 4 rings (SSSR count). The maximum atomic E-state index is 12.8. The van der Waals surface area contributed by atoms with E-state index in [0.29, 0.717) is 6.04 Å². The van der Waals surface area contributed by atoms with Crippen molar-refractivity contribution in [3.63, 3.8) is 0 Å². The largest absolute Gasteiger partial charge is 0.327 e. The van der Waals surface area contributed by atoms with Crippen LogP contribution in [0.1, 0.15) is 48.6 Å². The molecule has 2 aromatic rings. The fourth-order valence-corrected chi connectivity index (χ4v) is 5.64. The van der Waals surface area contributed by atoms with Crippen molar-refractivity contribution in [3.05, 3.63) is 25.4 Å². The van der Waals surface area contributed by atoms with Gasteiger partial charge in [-0.3, -0.25) is 4.79 Å². The lowest BCUT2D eigenvalue weighted by Crippen LogP contribution is -2.30. The van der Waals surface area contributed by atoms with Gasteiger partial charge in [-0.1, -0.05) is 19.3 Å². The van der Waals surface area contributed by atoms with Crippen LogP contribution in [0.25, 0.3) is 10.3 Å². The summed E-state index contributed by atoms with van der Waals surface area (Å²) in [5, 5.41) is 0. The van der Waals surface area contributed by atoms with E-state index in [4.69, 9.17) is 12.2 Å². The number of hydrogen-bond donors (Lipinski definition) is 1. The normalized spacial score (nSPS) is 20.4. The molecule has 0 saturated heterocycles. The van der Waals surface area contributed by atoms with E-state index in [9.17, 15) is 4.79 Å². The van der Waals surface area contributed by atoms with E-state index in [-0.39, 0.29) is 5.43 Å². The van der Waals surface area contributed by atoms with Crippen LogP contribution in [-0.4, -0.2) is 28.0 Å². The van der Waals surface area contributed by atoms with E-state index < -0.39 is 0 Å². The summed E-state index contributed by atoms with van der Waals surface area (Å²) in [4.78, 5) is 20.6. The van der Waals surface area contributed by atoms with Gasteiger partial charge < -0.3 is 14.5 Å². The number of hydrogen-bond acceptors (Lipinski definition) is 4. The SMILES string of the molecule is CN1CCc2c(sc3c([nH]c(=S)n3C3CCCCC3)c2=O)C1. The molecule has 1 fully saturated rings. The molecule has 1 N–H and O–H groups in total. The molecule has 0 atom stereocenters. The Bertz CT molecular complexity index is 826. The summed E-state index contributed by atoms with van der Waals surface area (Å²) >= 11 is 7.33. The summed E-state index contributed by atoms with van der Waals surface area (Å²) in [6.45, 7) is 1.85. The predicted octanol–water partition coefficient (Wildman–Crippen LogP) is 3.61. The van der Waals surface area contributed by atoms with Gasteiger partial charge in [-0.2, -0.15) is 0 Å². The summed E-state index contributed by atoms with van der Waals surface area (Å²) in [6.07, 6.45) is 7.07. The molecule has 0 aromatic carbocycles. The molecule has 3 heterocycles. The van der Waals surface area contributed by atoms with Gasteiger partial charge in [-0.25, -0.2) is 0 Å². The third-order valence-electron chi connectivity index (χ3n) is 5.04. The molecule has 0 unspecified atom stereocenters. The first-order valence-corrected chi connectivity index (χ1v) is 9.35. The highest BCUT2D eigenvalue weighted by Gasteiger charge is 2.24. The molecule has 4 nitrogen and oxygen atoms in total. The maximum Gasteiger partial charge on any atom is 0.209 e.